The normalized spacial score (nSPS) is 18.9. The first kappa shape index (κ1) is 13.3. The minimum atomic E-state index is -3.17. The lowest BCUT2D eigenvalue weighted by Gasteiger charge is -2.15. The zero-order valence-corrected chi connectivity index (χ0v) is 11.0. The molecule has 0 aromatic heterocycles. The van der Waals surface area contributed by atoms with Gasteiger partial charge in [-0.25, -0.2) is 13.2 Å². The van der Waals surface area contributed by atoms with Gasteiger partial charge in [0.25, 0.3) is 0 Å². The Balaban J connectivity index is 2.23. The summed E-state index contributed by atoms with van der Waals surface area (Å²) in [7, 11) is -3.17. The van der Waals surface area contributed by atoms with Gasteiger partial charge >= 0.3 is 5.97 Å². The van der Waals surface area contributed by atoms with Crippen LogP contribution in [0.2, 0.25) is 5.02 Å². The number of carbonyl (C=O) groups is 1. The van der Waals surface area contributed by atoms with E-state index in [1.807, 2.05) is 0 Å². The predicted molar refractivity (Wildman–Crippen MR) is 67.2 cm³/mol. The van der Waals surface area contributed by atoms with E-state index < -0.39 is 16.0 Å². The summed E-state index contributed by atoms with van der Waals surface area (Å²) < 4.78 is 24.7. The maximum absolute atomic E-state index is 11.6. The Labute approximate surface area is 110 Å². The second kappa shape index (κ2) is 4.87. The molecule has 1 aromatic carbocycles. The molecule has 1 heterocycles. The summed E-state index contributed by atoms with van der Waals surface area (Å²) in [4.78, 5) is 10.7. The largest absolute Gasteiger partial charge is 0.478 e. The first-order chi connectivity index (χ1) is 8.40. The summed E-state index contributed by atoms with van der Waals surface area (Å²) in [6.45, 7) is 0.681. The summed E-state index contributed by atoms with van der Waals surface area (Å²) in [6.07, 6.45) is 0.618. The van der Waals surface area contributed by atoms with E-state index in [1.165, 1.54) is 16.4 Å². The van der Waals surface area contributed by atoms with Crippen molar-refractivity contribution in [1.29, 1.82) is 0 Å². The number of nitrogens with zero attached hydrogens (tertiary/aromatic N) is 1. The summed E-state index contributed by atoms with van der Waals surface area (Å²) in [5.74, 6) is -0.894. The lowest BCUT2D eigenvalue weighted by atomic mass is 10.1. The molecule has 5 nitrogen and oxygen atoms in total. The van der Waals surface area contributed by atoms with E-state index in [-0.39, 0.29) is 22.9 Å². The molecule has 7 heteroatoms. The van der Waals surface area contributed by atoms with Crippen LogP contribution in [-0.2, 0) is 16.6 Å². The minimum Gasteiger partial charge on any atom is -0.478 e. The molecule has 0 spiro atoms. The van der Waals surface area contributed by atoms with Crippen molar-refractivity contribution in [2.24, 2.45) is 0 Å². The Kier molecular flexibility index (Phi) is 3.61. The molecule has 0 atom stereocenters. The van der Waals surface area contributed by atoms with E-state index in [1.54, 1.807) is 6.07 Å². The fourth-order valence-electron chi connectivity index (χ4n) is 1.87. The van der Waals surface area contributed by atoms with Crippen LogP contribution in [0, 0.1) is 0 Å². The van der Waals surface area contributed by atoms with Gasteiger partial charge in [0.15, 0.2) is 0 Å². The molecule has 1 saturated heterocycles. The zero-order chi connectivity index (χ0) is 13.3. The molecule has 1 N–H and O–H groups in total. The molecular formula is C11H12ClNO4S. The maximum atomic E-state index is 11.6. The number of carboxylic acids is 1. The lowest BCUT2D eigenvalue weighted by molar-refractivity contribution is 0.0697. The molecule has 0 bridgehead atoms. The Hall–Kier alpha value is -1.11. The van der Waals surface area contributed by atoms with E-state index in [4.69, 9.17) is 16.7 Å². The Morgan fingerprint density at radius 3 is 2.67 bits per heavy atom. The van der Waals surface area contributed by atoms with Gasteiger partial charge in [-0.15, -0.1) is 0 Å². The monoisotopic (exact) mass is 289 g/mol. The van der Waals surface area contributed by atoms with Crippen molar-refractivity contribution in [1.82, 2.24) is 4.31 Å². The molecule has 0 radical (unpaired) electrons. The van der Waals surface area contributed by atoms with Crippen molar-refractivity contribution in [2.45, 2.75) is 13.0 Å². The van der Waals surface area contributed by atoms with Crippen molar-refractivity contribution in [2.75, 3.05) is 12.3 Å². The minimum absolute atomic E-state index is 0.0908. The number of rotatable bonds is 3. The summed E-state index contributed by atoms with van der Waals surface area (Å²) >= 11 is 5.96. The second-order valence-electron chi connectivity index (χ2n) is 4.11. The van der Waals surface area contributed by atoms with Gasteiger partial charge in [-0.3, -0.25) is 0 Å². The van der Waals surface area contributed by atoms with Crippen molar-refractivity contribution >= 4 is 27.6 Å². The van der Waals surface area contributed by atoms with Crippen molar-refractivity contribution in [3.63, 3.8) is 0 Å². The molecule has 0 amide bonds. The summed E-state index contributed by atoms with van der Waals surface area (Å²) in [6, 6.07) is 4.31. The van der Waals surface area contributed by atoms with E-state index in [2.05, 4.69) is 0 Å². The van der Waals surface area contributed by atoms with Crippen molar-refractivity contribution in [3.05, 3.63) is 34.3 Å². The number of benzene rings is 1. The van der Waals surface area contributed by atoms with Crippen LogP contribution < -0.4 is 0 Å². The number of carboxylic acid groups (broad SMARTS) is 1. The lowest BCUT2D eigenvalue weighted by Crippen LogP contribution is -2.25. The van der Waals surface area contributed by atoms with Gasteiger partial charge in [0, 0.05) is 18.1 Å². The molecule has 1 aromatic rings. The SMILES string of the molecule is O=C(O)c1ccc(CN2CCCS2(=O)=O)c(Cl)c1. The van der Waals surface area contributed by atoms with Crippen LogP contribution in [-0.4, -0.2) is 36.1 Å². The summed E-state index contributed by atoms with van der Waals surface area (Å²) in [5, 5.41) is 9.08. The van der Waals surface area contributed by atoms with Crippen LogP contribution in [0.4, 0.5) is 0 Å². The highest BCUT2D eigenvalue weighted by Crippen LogP contribution is 2.23. The number of aromatic carboxylic acids is 1. The van der Waals surface area contributed by atoms with Crippen LogP contribution in [0.15, 0.2) is 18.2 Å². The number of sulfonamides is 1. The van der Waals surface area contributed by atoms with E-state index in [0.29, 0.717) is 18.5 Å². The molecule has 1 aliphatic heterocycles. The van der Waals surface area contributed by atoms with Crippen LogP contribution in [0.25, 0.3) is 0 Å². The van der Waals surface area contributed by atoms with Crippen LogP contribution in [0.5, 0.6) is 0 Å². The fourth-order valence-corrected chi connectivity index (χ4v) is 3.60. The zero-order valence-electron chi connectivity index (χ0n) is 9.47. The first-order valence-electron chi connectivity index (χ1n) is 5.40. The van der Waals surface area contributed by atoms with Crippen molar-refractivity contribution < 1.29 is 18.3 Å². The van der Waals surface area contributed by atoms with Gasteiger partial charge in [0.05, 0.1) is 11.3 Å². The molecule has 0 unspecified atom stereocenters. The molecule has 1 fully saturated rings. The van der Waals surface area contributed by atoms with Crippen LogP contribution in [0.1, 0.15) is 22.3 Å². The topological polar surface area (TPSA) is 74.7 Å². The Morgan fingerprint density at radius 1 is 1.44 bits per heavy atom. The van der Waals surface area contributed by atoms with Crippen LogP contribution >= 0.6 is 11.6 Å². The first-order valence-corrected chi connectivity index (χ1v) is 7.38. The standard InChI is InChI=1S/C11H12ClNO4S/c12-10-6-8(11(14)15)2-3-9(10)7-13-4-1-5-18(13,16)17/h2-3,6H,1,4-5,7H2,(H,14,15). The third-order valence-corrected chi connectivity index (χ3v) is 5.10. The van der Waals surface area contributed by atoms with E-state index >= 15 is 0 Å². The van der Waals surface area contributed by atoms with Gasteiger partial charge in [0.2, 0.25) is 10.0 Å². The molecule has 18 heavy (non-hydrogen) atoms. The summed E-state index contributed by atoms with van der Waals surface area (Å²) in [5.41, 5.74) is 0.708. The molecule has 0 saturated carbocycles. The molecule has 0 aliphatic carbocycles. The van der Waals surface area contributed by atoms with Gasteiger partial charge in [0.1, 0.15) is 0 Å². The Morgan fingerprint density at radius 2 is 2.17 bits per heavy atom. The number of hydrogen-bond donors (Lipinski definition) is 1. The smallest absolute Gasteiger partial charge is 0.335 e. The molecular weight excluding hydrogens is 278 g/mol. The average Bonchev–Trinajstić information content (AvgIpc) is 2.61. The highest BCUT2D eigenvalue weighted by atomic mass is 35.5. The highest BCUT2D eigenvalue weighted by molar-refractivity contribution is 7.89. The average molecular weight is 290 g/mol. The van der Waals surface area contributed by atoms with Gasteiger partial charge < -0.3 is 5.11 Å². The molecule has 98 valence electrons. The quantitative estimate of drug-likeness (QED) is 0.916. The maximum Gasteiger partial charge on any atom is 0.335 e. The predicted octanol–water partition coefficient (Wildman–Crippen LogP) is 1.57. The fraction of sp³-hybridized carbons (Fsp3) is 0.364. The Bertz CT molecular complexity index is 585. The molecule has 2 rings (SSSR count). The number of hydrogen-bond acceptors (Lipinski definition) is 3. The second-order valence-corrected chi connectivity index (χ2v) is 6.61. The van der Waals surface area contributed by atoms with Gasteiger partial charge in [-0.2, -0.15) is 4.31 Å². The molecule has 1 aliphatic rings. The van der Waals surface area contributed by atoms with Gasteiger partial charge in [-0.1, -0.05) is 17.7 Å². The highest BCUT2D eigenvalue weighted by Gasteiger charge is 2.28. The number of halogens is 1. The van der Waals surface area contributed by atoms with E-state index in [0.717, 1.165) is 0 Å². The van der Waals surface area contributed by atoms with E-state index in [9.17, 15) is 13.2 Å². The van der Waals surface area contributed by atoms with Crippen molar-refractivity contribution in [3.8, 4) is 0 Å². The van der Waals surface area contributed by atoms with Crippen LogP contribution in [0.3, 0.4) is 0 Å². The third kappa shape index (κ3) is 2.66. The van der Waals surface area contributed by atoms with Gasteiger partial charge in [-0.05, 0) is 24.1 Å². The third-order valence-electron chi connectivity index (χ3n) is 2.85.